The van der Waals surface area contributed by atoms with Gasteiger partial charge in [0, 0.05) is 17.9 Å². The fraction of sp³-hybridized carbons (Fsp3) is 0.296. The molecule has 0 bridgehead atoms. The van der Waals surface area contributed by atoms with Gasteiger partial charge in [-0.05, 0) is 35.7 Å². The molecule has 0 saturated carbocycles. The molecule has 3 aromatic carbocycles. The fourth-order valence-electron chi connectivity index (χ4n) is 4.85. The molecule has 0 radical (unpaired) electrons. The first-order chi connectivity index (χ1) is 16.1. The van der Waals surface area contributed by atoms with Crippen molar-refractivity contribution in [3.63, 3.8) is 0 Å². The fourth-order valence-corrected chi connectivity index (χ4v) is 4.85. The van der Waals surface area contributed by atoms with Crippen molar-refractivity contribution in [1.82, 2.24) is 5.32 Å². The molecule has 4 rings (SSSR count). The second-order valence-electron chi connectivity index (χ2n) is 8.08. The molecular formula is C27H27NO5. The lowest BCUT2D eigenvalue weighted by atomic mass is 9.73. The molecule has 33 heavy (non-hydrogen) atoms. The number of carbonyl (C=O) groups excluding carboxylic acids is 3. The summed E-state index contributed by atoms with van der Waals surface area (Å²) < 4.78 is 10.8. The van der Waals surface area contributed by atoms with Crippen LogP contribution in [0.2, 0.25) is 0 Å². The Morgan fingerprint density at radius 3 is 2.06 bits per heavy atom. The van der Waals surface area contributed by atoms with Gasteiger partial charge in [-0.25, -0.2) is 9.59 Å². The van der Waals surface area contributed by atoms with E-state index in [0.29, 0.717) is 5.56 Å². The maximum Gasteiger partial charge on any atom is 0.338 e. The number of rotatable bonds is 7. The average Bonchev–Trinajstić information content (AvgIpc) is 3.21. The van der Waals surface area contributed by atoms with E-state index in [9.17, 15) is 14.4 Å². The van der Waals surface area contributed by atoms with E-state index in [0.717, 1.165) is 22.6 Å². The van der Waals surface area contributed by atoms with E-state index in [-0.39, 0.29) is 13.2 Å². The van der Waals surface area contributed by atoms with E-state index in [1.165, 1.54) is 0 Å². The van der Waals surface area contributed by atoms with Gasteiger partial charge in [-0.3, -0.25) is 5.32 Å². The minimum Gasteiger partial charge on any atom is -0.464 e. The van der Waals surface area contributed by atoms with E-state index in [1.54, 1.807) is 13.8 Å². The smallest absolute Gasteiger partial charge is 0.338 e. The predicted molar refractivity (Wildman–Crippen MR) is 125 cm³/mol. The molecule has 0 aliphatic carbocycles. The predicted octanol–water partition coefficient (Wildman–Crippen LogP) is 3.95. The quantitative estimate of drug-likeness (QED) is 0.337. The summed E-state index contributed by atoms with van der Waals surface area (Å²) in [6.45, 7) is 3.55. The number of hydrogen-bond acceptors (Lipinski definition) is 6. The van der Waals surface area contributed by atoms with Crippen LogP contribution in [0.5, 0.6) is 0 Å². The Bertz CT molecular complexity index is 1140. The van der Waals surface area contributed by atoms with Crippen LogP contribution >= 0.6 is 0 Å². The lowest BCUT2D eigenvalue weighted by molar-refractivity contribution is -0.166. The first kappa shape index (κ1) is 22.7. The monoisotopic (exact) mass is 445 g/mol. The summed E-state index contributed by atoms with van der Waals surface area (Å²) in [5.74, 6) is -3.01. The summed E-state index contributed by atoms with van der Waals surface area (Å²) in [4.78, 5) is 39.5. The SMILES string of the molecule is CCOC(=O)C1(C(=O)OCC)N[C@H](c2ccccc2)[C@H](C=O)[C@H]1c1ccc2ccccc2c1. The molecule has 0 spiro atoms. The molecule has 1 aliphatic heterocycles. The lowest BCUT2D eigenvalue weighted by Crippen LogP contribution is -2.59. The summed E-state index contributed by atoms with van der Waals surface area (Å²) in [6.07, 6.45) is 0.824. The van der Waals surface area contributed by atoms with Crippen molar-refractivity contribution < 1.29 is 23.9 Å². The zero-order valence-electron chi connectivity index (χ0n) is 18.7. The Morgan fingerprint density at radius 1 is 0.848 bits per heavy atom. The van der Waals surface area contributed by atoms with Gasteiger partial charge in [-0.15, -0.1) is 0 Å². The summed E-state index contributed by atoms with van der Waals surface area (Å²) >= 11 is 0. The van der Waals surface area contributed by atoms with Crippen molar-refractivity contribution in [2.75, 3.05) is 13.2 Å². The highest BCUT2D eigenvalue weighted by Gasteiger charge is 2.65. The Morgan fingerprint density at radius 2 is 1.45 bits per heavy atom. The second kappa shape index (κ2) is 9.55. The van der Waals surface area contributed by atoms with E-state index < -0.39 is 35.4 Å². The highest BCUT2D eigenvalue weighted by atomic mass is 16.6. The number of benzene rings is 3. The first-order valence-corrected chi connectivity index (χ1v) is 11.2. The van der Waals surface area contributed by atoms with E-state index in [1.807, 2.05) is 72.8 Å². The van der Waals surface area contributed by atoms with Gasteiger partial charge in [0.25, 0.3) is 0 Å². The van der Waals surface area contributed by atoms with Crippen LogP contribution in [-0.2, 0) is 23.9 Å². The summed E-state index contributed by atoms with van der Waals surface area (Å²) in [6, 6.07) is 22.3. The maximum atomic E-state index is 13.5. The first-order valence-electron chi connectivity index (χ1n) is 11.2. The molecule has 170 valence electrons. The third kappa shape index (κ3) is 3.91. The zero-order chi connectivity index (χ0) is 23.4. The molecule has 3 atom stereocenters. The van der Waals surface area contributed by atoms with Crippen LogP contribution in [0.25, 0.3) is 10.8 Å². The van der Waals surface area contributed by atoms with Crippen LogP contribution in [-0.4, -0.2) is 37.0 Å². The number of esters is 2. The topological polar surface area (TPSA) is 81.7 Å². The Kier molecular flexibility index (Phi) is 6.56. The van der Waals surface area contributed by atoms with E-state index >= 15 is 0 Å². The van der Waals surface area contributed by atoms with Crippen LogP contribution in [0.4, 0.5) is 0 Å². The van der Waals surface area contributed by atoms with Crippen molar-refractivity contribution in [3.05, 3.63) is 83.9 Å². The Balaban J connectivity index is 1.95. The van der Waals surface area contributed by atoms with Gasteiger partial charge >= 0.3 is 11.9 Å². The Hall–Kier alpha value is -3.51. The number of hydrogen-bond donors (Lipinski definition) is 1. The number of fused-ring (bicyclic) bond motifs is 1. The molecule has 1 aliphatic rings. The van der Waals surface area contributed by atoms with Crippen LogP contribution in [0.1, 0.15) is 36.9 Å². The molecule has 1 saturated heterocycles. The lowest BCUT2D eigenvalue weighted by Gasteiger charge is -2.32. The van der Waals surface area contributed by atoms with Crippen LogP contribution in [0.3, 0.4) is 0 Å². The average molecular weight is 446 g/mol. The van der Waals surface area contributed by atoms with Crippen molar-refractivity contribution in [1.29, 1.82) is 0 Å². The molecule has 0 unspecified atom stereocenters. The van der Waals surface area contributed by atoms with Gasteiger partial charge in [-0.1, -0.05) is 72.8 Å². The summed E-state index contributed by atoms with van der Waals surface area (Å²) in [7, 11) is 0. The van der Waals surface area contributed by atoms with Gasteiger partial charge in [0.05, 0.1) is 13.2 Å². The van der Waals surface area contributed by atoms with E-state index in [2.05, 4.69) is 5.32 Å². The maximum absolute atomic E-state index is 13.5. The van der Waals surface area contributed by atoms with Crippen LogP contribution in [0.15, 0.2) is 72.8 Å². The zero-order valence-corrected chi connectivity index (χ0v) is 18.7. The van der Waals surface area contributed by atoms with Gasteiger partial charge < -0.3 is 14.3 Å². The highest BCUT2D eigenvalue weighted by Crippen LogP contribution is 2.49. The summed E-state index contributed by atoms with van der Waals surface area (Å²) in [5, 5.41) is 5.18. The van der Waals surface area contributed by atoms with Gasteiger partial charge in [0.1, 0.15) is 6.29 Å². The standard InChI is InChI=1S/C27H27NO5/c1-3-32-25(30)27(26(31)33-4-2)23(21-15-14-18-10-8-9-13-20(18)16-21)22(17-29)24(28-27)19-11-6-5-7-12-19/h5-17,22-24,28H,3-4H2,1-2H3/t22-,23-,24-/m1/s1. The Labute approximate surface area is 192 Å². The molecule has 0 amide bonds. The van der Waals surface area contributed by atoms with Crippen molar-refractivity contribution in [3.8, 4) is 0 Å². The molecular weight excluding hydrogens is 418 g/mol. The second-order valence-corrected chi connectivity index (χ2v) is 8.08. The number of nitrogens with one attached hydrogen (secondary N) is 1. The third-order valence-electron chi connectivity index (χ3n) is 6.26. The molecule has 1 fully saturated rings. The number of aldehydes is 1. The van der Waals surface area contributed by atoms with Gasteiger partial charge in [-0.2, -0.15) is 0 Å². The molecule has 1 N–H and O–H groups in total. The van der Waals surface area contributed by atoms with Crippen LogP contribution < -0.4 is 5.32 Å². The van der Waals surface area contributed by atoms with Crippen molar-refractivity contribution in [2.24, 2.45) is 5.92 Å². The largest absolute Gasteiger partial charge is 0.464 e. The number of carbonyl (C=O) groups is 3. The van der Waals surface area contributed by atoms with Crippen molar-refractivity contribution >= 4 is 29.0 Å². The normalized spacial score (nSPS) is 21.5. The molecule has 1 heterocycles. The molecule has 6 heteroatoms. The van der Waals surface area contributed by atoms with Crippen LogP contribution in [0, 0.1) is 5.92 Å². The molecule has 6 nitrogen and oxygen atoms in total. The molecule has 0 aromatic heterocycles. The van der Waals surface area contributed by atoms with Gasteiger partial charge in [0.2, 0.25) is 5.54 Å². The van der Waals surface area contributed by atoms with E-state index in [4.69, 9.17) is 9.47 Å². The van der Waals surface area contributed by atoms with Crippen molar-refractivity contribution in [2.45, 2.75) is 31.3 Å². The minimum atomic E-state index is -1.86. The highest BCUT2D eigenvalue weighted by molar-refractivity contribution is 6.07. The minimum absolute atomic E-state index is 0.0911. The number of ether oxygens (including phenoxy) is 2. The van der Waals surface area contributed by atoms with Gasteiger partial charge in [0.15, 0.2) is 0 Å². The summed E-state index contributed by atoms with van der Waals surface area (Å²) in [5.41, 5.74) is -0.366. The molecule has 3 aromatic rings. The third-order valence-corrected chi connectivity index (χ3v) is 6.26.